The van der Waals surface area contributed by atoms with Gasteiger partial charge < -0.3 is 14.4 Å². The molecule has 0 bridgehead atoms. The molecule has 0 saturated heterocycles. The van der Waals surface area contributed by atoms with Crippen LogP contribution in [0.25, 0.3) is 11.4 Å². The summed E-state index contributed by atoms with van der Waals surface area (Å²) in [5.74, 6) is 1.36. The highest BCUT2D eigenvalue weighted by molar-refractivity contribution is 5.59. The third-order valence-corrected chi connectivity index (χ3v) is 4.73. The monoisotopic (exact) mass is 381 g/mol. The SMILES string of the molecule is Cc1ccc(C)c(OC[C@@H](O)Cn2ccnc2-c2cccc([N+](=O)[O-])c2)c1C. The van der Waals surface area contributed by atoms with Crippen LogP contribution in [0.2, 0.25) is 0 Å². The Balaban J connectivity index is 1.72. The quantitative estimate of drug-likeness (QED) is 0.496. The van der Waals surface area contributed by atoms with Crippen LogP contribution in [0.3, 0.4) is 0 Å². The molecule has 0 spiro atoms. The second-order valence-corrected chi connectivity index (χ2v) is 6.83. The van der Waals surface area contributed by atoms with E-state index in [0.717, 1.165) is 22.4 Å². The van der Waals surface area contributed by atoms with Gasteiger partial charge in [0.1, 0.15) is 24.3 Å². The van der Waals surface area contributed by atoms with E-state index >= 15 is 0 Å². The van der Waals surface area contributed by atoms with Crippen LogP contribution in [-0.4, -0.2) is 32.3 Å². The number of hydrogen-bond donors (Lipinski definition) is 1. The summed E-state index contributed by atoms with van der Waals surface area (Å²) in [5, 5.41) is 21.5. The number of nitrogens with zero attached hydrogens (tertiary/aromatic N) is 3. The van der Waals surface area contributed by atoms with E-state index in [2.05, 4.69) is 4.98 Å². The fourth-order valence-electron chi connectivity index (χ4n) is 3.08. The maximum Gasteiger partial charge on any atom is 0.270 e. The lowest BCUT2D eigenvalue weighted by atomic mass is 10.1. The van der Waals surface area contributed by atoms with Gasteiger partial charge in [0, 0.05) is 30.1 Å². The number of aliphatic hydroxyl groups is 1. The van der Waals surface area contributed by atoms with Crippen LogP contribution in [0.15, 0.2) is 48.8 Å². The van der Waals surface area contributed by atoms with Gasteiger partial charge >= 0.3 is 0 Å². The number of nitro groups is 1. The molecule has 3 aromatic rings. The van der Waals surface area contributed by atoms with Crippen molar-refractivity contribution in [3.05, 3.63) is 75.6 Å². The van der Waals surface area contributed by atoms with Gasteiger partial charge in [-0.1, -0.05) is 24.3 Å². The van der Waals surface area contributed by atoms with Crippen LogP contribution < -0.4 is 4.74 Å². The van der Waals surface area contributed by atoms with Gasteiger partial charge in [0.25, 0.3) is 5.69 Å². The lowest BCUT2D eigenvalue weighted by molar-refractivity contribution is -0.384. The summed E-state index contributed by atoms with van der Waals surface area (Å²) < 4.78 is 7.65. The fourth-order valence-corrected chi connectivity index (χ4v) is 3.08. The first kappa shape index (κ1) is 19.6. The van der Waals surface area contributed by atoms with Crippen molar-refractivity contribution in [2.24, 2.45) is 0 Å². The van der Waals surface area contributed by atoms with E-state index in [4.69, 9.17) is 4.74 Å². The summed E-state index contributed by atoms with van der Waals surface area (Å²) in [6.45, 7) is 6.40. The molecular weight excluding hydrogens is 358 g/mol. The summed E-state index contributed by atoms with van der Waals surface area (Å²) in [5.41, 5.74) is 3.85. The molecule has 0 aliphatic carbocycles. The third-order valence-electron chi connectivity index (χ3n) is 4.73. The minimum atomic E-state index is -0.758. The molecule has 7 heteroatoms. The number of ether oxygens (including phenoxy) is 1. The van der Waals surface area contributed by atoms with E-state index in [9.17, 15) is 15.2 Å². The van der Waals surface area contributed by atoms with Crippen molar-refractivity contribution in [1.82, 2.24) is 9.55 Å². The van der Waals surface area contributed by atoms with Crippen molar-refractivity contribution < 1.29 is 14.8 Å². The number of aliphatic hydroxyl groups excluding tert-OH is 1. The summed E-state index contributed by atoms with van der Waals surface area (Å²) in [6, 6.07) is 10.3. The lowest BCUT2D eigenvalue weighted by Gasteiger charge is -2.18. The van der Waals surface area contributed by atoms with E-state index < -0.39 is 11.0 Å². The molecule has 2 aromatic carbocycles. The van der Waals surface area contributed by atoms with Crippen molar-refractivity contribution in [3.8, 4) is 17.1 Å². The molecule has 1 N–H and O–H groups in total. The van der Waals surface area contributed by atoms with Crippen molar-refractivity contribution in [1.29, 1.82) is 0 Å². The normalized spacial score (nSPS) is 12.0. The number of nitro benzene ring substituents is 1. The van der Waals surface area contributed by atoms with Crippen LogP contribution in [0, 0.1) is 30.9 Å². The Morgan fingerprint density at radius 2 is 1.96 bits per heavy atom. The molecule has 3 rings (SSSR count). The highest BCUT2D eigenvalue weighted by Crippen LogP contribution is 2.26. The number of aryl methyl sites for hydroxylation is 2. The Morgan fingerprint density at radius 3 is 2.71 bits per heavy atom. The molecule has 1 atom stereocenters. The number of aromatic nitrogens is 2. The summed E-state index contributed by atoms with van der Waals surface area (Å²) in [4.78, 5) is 14.9. The van der Waals surface area contributed by atoms with Crippen LogP contribution in [0.4, 0.5) is 5.69 Å². The molecule has 0 fully saturated rings. The standard InChI is InChI=1S/C21H23N3O4/c1-14-7-8-15(2)20(16(14)3)28-13-19(25)12-23-10-9-22-21(23)17-5-4-6-18(11-17)24(26)27/h4-11,19,25H,12-13H2,1-3H3/t19-/m0/s1. The number of non-ortho nitro benzene ring substituents is 1. The van der Waals surface area contributed by atoms with Crippen LogP contribution >= 0.6 is 0 Å². The van der Waals surface area contributed by atoms with E-state index in [1.54, 1.807) is 29.1 Å². The molecule has 0 radical (unpaired) electrons. The summed E-state index contributed by atoms with van der Waals surface area (Å²) in [7, 11) is 0. The third kappa shape index (κ3) is 4.20. The molecular formula is C21H23N3O4. The van der Waals surface area contributed by atoms with Gasteiger partial charge in [-0.05, 0) is 37.5 Å². The van der Waals surface area contributed by atoms with Crippen LogP contribution in [-0.2, 0) is 6.54 Å². The molecule has 0 aliphatic rings. The number of imidazole rings is 1. The van der Waals surface area contributed by atoms with Gasteiger partial charge in [0.15, 0.2) is 0 Å². The Morgan fingerprint density at radius 1 is 1.21 bits per heavy atom. The maximum atomic E-state index is 11.0. The molecule has 7 nitrogen and oxygen atoms in total. The molecule has 0 saturated carbocycles. The van der Waals surface area contributed by atoms with Crippen molar-refractivity contribution in [2.75, 3.05) is 6.61 Å². The zero-order valence-corrected chi connectivity index (χ0v) is 16.1. The number of hydrogen-bond acceptors (Lipinski definition) is 5. The first-order valence-corrected chi connectivity index (χ1v) is 9.00. The molecule has 28 heavy (non-hydrogen) atoms. The Kier molecular flexibility index (Phi) is 5.75. The van der Waals surface area contributed by atoms with Gasteiger partial charge in [-0.25, -0.2) is 4.98 Å². The van der Waals surface area contributed by atoms with Gasteiger partial charge in [0.2, 0.25) is 0 Å². The maximum absolute atomic E-state index is 11.0. The van der Waals surface area contributed by atoms with Gasteiger partial charge in [-0.2, -0.15) is 0 Å². The molecule has 0 unspecified atom stereocenters. The van der Waals surface area contributed by atoms with Gasteiger partial charge in [-0.15, -0.1) is 0 Å². The van der Waals surface area contributed by atoms with Crippen molar-refractivity contribution in [3.63, 3.8) is 0 Å². The minimum absolute atomic E-state index is 0.00123. The largest absolute Gasteiger partial charge is 0.490 e. The molecule has 146 valence electrons. The average Bonchev–Trinajstić information content (AvgIpc) is 3.13. The topological polar surface area (TPSA) is 90.4 Å². The Labute approximate surface area is 163 Å². The second kappa shape index (κ2) is 8.22. The summed E-state index contributed by atoms with van der Waals surface area (Å²) >= 11 is 0. The highest BCUT2D eigenvalue weighted by Gasteiger charge is 2.15. The zero-order chi connectivity index (χ0) is 20.3. The first-order chi connectivity index (χ1) is 13.4. The van der Waals surface area contributed by atoms with Crippen molar-refractivity contribution >= 4 is 5.69 Å². The molecule has 0 aliphatic heterocycles. The van der Waals surface area contributed by atoms with E-state index in [1.165, 1.54) is 12.1 Å². The fraction of sp³-hybridized carbons (Fsp3) is 0.286. The number of benzene rings is 2. The first-order valence-electron chi connectivity index (χ1n) is 9.00. The molecule has 0 amide bonds. The van der Waals surface area contributed by atoms with E-state index in [1.807, 2.05) is 32.9 Å². The summed E-state index contributed by atoms with van der Waals surface area (Å²) in [6.07, 6.45) is 2.59. The van der Waals surface area contributed by atoms with E-state index in [0.29, 0.717) is 11.4 Å². The van der Waals surface area contributed by atoms with Gasteiger partial charge in [0.05, 0.1) is 11.5 Å². The van der Waals surface area contributed by atoms with Crippen LogP contribution in [0.5, 0.6) is 5.75 Å². The number of rotatable bonds is 7. The van der Waals surface area contributed by atoms with Crippen LogP contribution in [0.1, 0.15) is 16.7 Å². The van der Waals surface area contributed by atoms with Gasteiger partial charge in [-0.3, -0.25) is 10.1 Å². The highest BCUT2D eigenvalue weighted by atomic mass is 16.6. The molecule has 1 aromatic heterocycles. The average molecular weight is 381 g/mol. The van der Waals surface area contributed by atoms with Crippen molar-refractivity contribution in [2.45, 2.75) is 33.4 Å². The predicted octanol–water partition coefficient (Wildman–Crippen LogP) is 3.82. The lowest BCUT2D eigenvalue weighted by Crippen LogP contribution is -2.24. The Bertz CT molecular complexity index is 997. The van der Waals surface area contributed by atoms with E-state index in [-0.39, 0.29) is 18.8 Å². The smallest absolute Gasteiger partial charge is 0.270 e. The second-order valence-electron chi connectivity index (χ2n) is 6.83. The predicted molar refractivity (Wildman–Crippen MR) is 106 cm³/mol. The molecule has 1 heterocycles. The zero-order valence-electron chi connectivity index (χ0n) is 16.1. The Hall–Kier alpha value is -3.19. The minimum Gasteiger partial charge on any atom is -0.490 e.